The Balaban J connectivity index is 2.02. The van der Waals surface area contributed by atoms with Gasteiger partial charge in [0, 0.05) is 12.1 Å². The second-order valence-electron chi connectivity index (χ2n) is 6.08. The first-order chi connectivity index (χ1) is 10.6. The Morgan fingerprint density at radius 2 is 2.05 bits per heavy atom. The van der Waals surface area contributed by atoms with Crippen LogP contribution in [0.1, 0.15) is 50.6 Å². The zero-order chi connectivity index (χ0) is 15.9. The first-order valence-electron chi connectivity index (χ1n) is 8.04. The van der Waals surface area contributed by atoms with Crippen molar-refractivity contribution in [1.29, 1.82) is 0 Å². The molecule has 1 fully saturated rings. The molecule has 0 saturated heterocycles. The van der Waals surface area contributed by atoms with Crippen molar-refractivity contribution in [3.8, 4) is 0 Å². The van der Waals surface area contributed by atoms with Crippen molar-refractivity contribution in [1.82, 2.24) is 10.6 Å². The van der Waals surface area contributed by atoms with E-state index in [2.05, 4.69) is 10.6 Å². The topological polar surface area (TPSA) is 61.4 Å². The monoisotopic (exact) mass is 308 g/mol. The molecule has 0 bridgehead atoms. The van der Waals surface area contributed by atoms with Crippen molar-refractivity contribution in [2.75, 3.05) is 6.54 Å². The highest BCUT2D eigenvalue weighted by atomic mass is 19.1. The average Bonchev–Trinajstić information content (AvgIpc) is 2.99. The van der Waals surface area contributed by atoms with Gasteiger partial charge in [-0.05, 0) is 38.2 Å². The average molecular weight is 308 g/mol. The van der Waals surface area contributed by atoms with Crippen LogP contribution in [-0.4, -0.2) is 23.8 Å². The van der Waals surface area contributed by atoms with Gasteiger partial charge in [-0.3, -0.25) is 0 Å². The lowest BCUT2D eigenvalue weighted by molar-refractivity contribution is 0.182. The van der Waals surface area contributed by atoms with E-state index in [0.29, 0.717) is 18.5 Å². The highest BCUT2D eigenvalue weighted by Gasteiger charge is 2.29. The first-order valence-corrected chi connectivity index (χ1v) is 8.04. The summed E-state index contributed by atoms with van der Waals surface area (Å²) < 4.78 is 14.1. The van der Waals surface area contributed by atoms with Gasteiger partial charge in [0.1, 0.15) is 5.82 Å². The number of amides is 2. The van der Waals surface area contributed by atoms with Crippen molar-refractivity contribution in [2.45, 2.75) is 51.2 Å². The highest BCUT2D eigenvalue weighted by molar-refractivity contribution is 5.74. The van der Waals surface area contributed by atoms with E-state index < -0.39 is 6.10 Å². The molecule has 2 unspecified atom stereocenters. The molecule has 3 N–H and O–H groups in total. The van der Waals surface area contributed by atoms with E-state index in [-0.39, 0.29) is 23.8 Å². The number of carbonyl (C=O) groups excluding carboxylic acids is 1. The summed E-state index contributed by atoms with van der Waals surface area (Å²) in [5.41, 5.74) is 0.556. The minimum atomic E-state index is -0.447. The maximum atomic E-state index is 14.1. The van der Waals surface area contributed by atoms with Crippen molar-refractivity contribution in [3.63, 3.8) is 0 Å². The fourth-order valence-electron chi connectivity index (χ4n) is 3.05. The molecule has 1 aliphatic carbocycles. The molecule has 1 aliphatic rings. The third kappa shape index (κ3) is 4.70. The number of benzene rings is 1. The molecule has 4 nitrogen and oxygen atoms in total. The standard InChI is InChI=1S/C17H25FN2O2/c1-12(21)10-11-19-17(22)20-16(13-6-2-3-7-13)14-8-4-5-9-15(14)18/h4-5,8-9,12-13,16,21H,2-3,6-7,10-11H2,1H3,(H2,19,20,22). The largest absolute Gasteiger partial charge is 0.393 e. The Hall–Kier alpha value is -1.62. The second-order valence-corrected chi connectivity index (χ2v) is 6.08. The summed E-state index contributed by atoms with van der Waals surface area (Å²) in [6.45, 7) is 2.08. The summed E-state index contributed by atoms with van der Waals surface area (Å²) in [7, 11) is 0. The number of aliphatic hydroxyl groups is 1. The van der Waals surface area contributed by atoms with E-state index in [4.69, 9.17) is 0 Å². The van der Waals surface area contributed by atoms with Crippen molar-refractivity contribution in [2.24, 2.45) is 5.92 Å². The molecule has 122 valence electrons. The minimum Gasteiger partial charge on any atom is -0.393 e. The number of rotatable bonds is 6. The number of carbonyl (C=O) groups is 1. The van der Waals surface area contributed by atoms with E-state index in [1.807, 2.05) is 0 Å². The number of urea groups is 1. The summed E-state index contributed by atoms with van der Waals surface area (Å²) in [5, 5.41) is 14.9. The number of nitrogens with one attached hydrogen (secondary N) is 2. The van der Waals surface area contributed by atoms with Crippen molar-refractivity contribution in [3.05, 3.63) is 35.6 Å². The molecule has 1 aromatic rings. The highest BCUT2D eigenvalue weighted by Crippen LogP contribution is 2.36. The third-order valence-electron chi connectivity index (χ3n) is 4.25. The smallest absolute Gasteiger partial charge is 0.315 e. The van der Waals surface area contributed by atoms with Crippen LogP contribution in [-0.2, 0) is 0 Å². The summed E-state index contributed by atoms with van der Waals surface area (Å²) in [6, 6.07) is 6.04. The predicted molar refractivity (Wildman–Crippen MR) is 83.9 cm³/mol. The molecule has 2 atom stereocenters. The van der Waals surface area contributed by atoms with Gasteiger partial charge in [0.2, 0.25) is 0 Å². The molecule has 0 aliphatic heterocycles. The Bertz CT molecular complexity index is 487. The maximum absolute atomic E-state index is 14.1. The van der Waals surface area contributed by atoms with Crippen molar-refractivity contribution >= 4 is 6.03 Å². The molecule has 0 radical (unpaired) electrons. The Morgan fingerprint density at radius 1 is 1.36 bits per heavy atom. The molecule has 0 aromatic heterocycles. The molecular formula is C17H25FN2O2. The molecule has 2 amide bonds. The van der Waals surface area contributed by atoms with E-state index in [9.17, 15) is 14.3 Å². The van der Waals surface area contributed by atoms with Crippen LogP contribution in [0.5, 0.6) is 0 Å². The van der Waals surface area contributed by atoms with Crippen LogP contribution < -0.4 is 10.6 Å². The Morgan fingerprint density at radius 3 is 2.68 bits per heavy atom. The van der Waals surface area contributed by atoms with Crippen LogP contribution in [0.2, 0.25) is 0 Å². The van der Waals surface area contributed by atoms with Gasteiger partial charge in [0.05, 0.1) is 12.1 Å². The third-order valence-corrected chi connectivity index (χ3v) is 4.25. The summed E-state index contributed by atoms with van der Waals surface area (Å²) >= 11 is 0. The zero-order valence-electron chi connectivity index (χ0n) is 13.0. The van der Waals surface area contributed by atoms with Crippen LogP contribution >= 0.6 is 0 Å². The quantitative estimate of drug-likeness (QED) is 0.756. The summed E-state index contributed by atoms with van der Waals surface area (Å²) in [5.74, 6) is 0.00287. The predicted octanol–water partition coefficient (Wildman–Crippen LogP) is 3.13. The van der Waals surface area contributed by atoms with Gasteiger partial charge < -0.3 is 15.7 Å². The van der Waals surface area contributed by atoms with Crippen LogP contribution in [0.25, 0.3) is 0 Å². The minimum absolute atomic E-state index is 0.274. The van der Waals surface area contributed by atoms with Crippen molar-refractivity contribution < 1.29 is 14.3 Å². The molecule has 1 saturated carbocycles. The number of halogens is 1. The normalized spacial score (nSPS) is 18.0. The maximum Gasteiger partial charge on any atom is 0.315 e. The second kappa shape index (κ2) is 8.13. The van der Waals surface area contributed by atoms with Gasteiger partial charge in [-0.2, -0.15) is 0 Å². The van der Waals surface area contributed by atoms with Gasteiger partial charge in [-0.15, -0.1) is 0 Å². The molecular weight excluding hydrogens is 283 g/mol. The number of aliphatic hydroxyl groups excluding tert-OH is 1. The Labute approximate surface area is 131 Å². The van der Waals surface area contributed by atoms with E-state index in [0.717, 1.165) is 25.7 Å². The zero-order valence-corrected chi connectivity index (χ0v) is 13.0. The number of hydrogen-bond donors (Lipinski definition) is 3. The van der Waals surface area contributed by atoms with Gasteiger partial charge in [0.25, 0.3) is 0 Å². The van der Waals surface area contributed by atoms with Crippen LogP contribution in [0.3, 0.4) is 0 Å². The molecule has 0 heterocycles. The fourth-order valence-corrected chi connectivity index (χ4v) is 3.05. The molecule has 22 heavy (non-hydrogen) atoms. The lowest BCUT2D eigenvalue weighted by Crippen LogP contribution is -2.41. The lowest BCUT2D eigenvalue weighted by Gasteiger charge is -2.25. The molecule has 5 heteroatoms. The van der Waals surface area contributed by atoms with Crippen LogP contribution in [0.15, 0.2) is 24.3 Å². The van der Waals surface area contributed by atoms with Crippen LogP contribution in [0.4, 0.5) is 9.18 Å². The van der Waals surface area contributed by atoms with E-state index in [1.165, 1.54) is 6.07 Å². The van der Waals surface area contributed by atoms with Gasteiger partial charge in [0.15, 0.2) is 0 Å². The van der Waals surface area contributed by atoms with Crippen LogP contribution in [0, 0.1) is 11.7 Å². The Kier molecular flexibility index (Phi) is 6.19. The SMILES string of the molecule is CC(O)CCNC(=O)NC(c1ccccc1F)C1CCCC1. The lowest BCUT2D eigenvalue weighted by atomic mass is 9.91. The fraction of sp³-hybridized carbons (Fsp3) is 0.588. The molecule has 0 spiro atoms. The van der Waals surface area contributed by atoms with Gasteiger partial charge >= 0.3 is 6.03 Å². The van der Waals surface area contributed by atoms with E-state index >= 15 is 0 Å². The molecule has 1 aromatic carbocycles. The van der Waals surface area contributed by atoms with Gasteiger partial charge in [-0.25, -0.2) is 9.18 Å². The first kappa shape index (κ1) is 16.7. The summed E-state index contributed by atoms with van der Waals surface area (Å²) in [6.07, 6.45) is 4.32. The number of hydrogen-bond acceptors (Lipinski definition) is 2. The molecule has 2 rings (SSSR count). The van der Waals surface area contributed by atoms with E-state index in [1.54, 1.807) is 25.1 Å². The van der Waals surface area contributed by atoms with Gasteiger partial charge in [-0.1, -0.05) is 31.0 Å². The summed E-state index contributed by atoms with van der Waals surface area (Å²) in [4.78, 5) is 12.0.